The Morgan fingerprint density at radius 1 is 0.712 bits per heavy atom. The molecule has 14 nitrogen and oxygen atoms in total. The van der Waals surface area contributed by atoms with Gasteiger partial charge in [0.25, 0.3) is 0 Å². The fourth-order valence-electron chi connectivity index (χ4n) is 12.8. The third kappa shape index (κ3) is 9.14. The van der Waals surface area contributed by atoms with Crippen molar-refractivity contribution >= 4 is 35.1 Å². The van der Waals surface area contributed by atoms with E-state index in [1.54, 1.807) is 0 Å². The van der Waals surface area contributed by atoms with E-state index in [2.05, 4.69) is 54.7 Å². The molecule has 4 amide bonds. The van der Waals surface area contributed by atoms with Crippen molar-refractivity contribution < 1.29 is 28.7 Å². The molecule has 4 heterocycles. The van der Waals surface area contributed by atoms with Crippen molar-refractivity contribution in [3.8, 4) is 0 Å². The molecular weight excluding hydrogens is 833 g/mol. The van der Waals surface area contributed by atoms with Crippen molar-refractivity contribution in [3.05, 3.63) is 70.9 Å². The second-order valence-corrected chi connectivity index (χ2v) is 21.0. The molecule has 0 spiro atoms. The summed E-state index contributed by atoms with van der Waals surface area (Å²) in [5, 5.41) is 5.69. The van der Waals surface area contributed by atoms with Crippen molar-refractivity contribution in [2.75, 3.05) is 14.2 Å². The molecule has 10 atom stereocenters. The van der Waals surface area contributed by atoms with E-state index in [-0.39, 0.29) is 47.8 Å². The minimum absolute atomic E-state index is 0.0524. The number of likely N-dealkylation sites (tertiary alicyclic amines) is 2. The molecule has 2 aromatic rings. The van der Waals surface area contributed by atoms with Gasteiger partial charge in [-0.3, -0.25) is 9.59 Å². The first-order valence-electron chi connectivity index (χ1n) is 25.2. The van der Waals surface area contributed by atoms with Crippen LogP contribution < -0.4 is 10.6 Å². The van der Waals surface area contributed by atoms with E-state index in [0.717, 1.165) is 113 Å². The Hall–Kier alpha value is -5.14. The van der Waals surface area contributed by atoms with Crippen LogP contribution in [0.25, 0.3) is 11.1 Å². The number of carbonyl (C=O) groups excluding carboxylic acids is 4. The van der Waals surface area contributed by atoms with Crippen molar-refractivity contribution in [2.45, 2.75) is 167 Å². The van der Waals surface area contributed by atoms with E-state index in [9.17, 15) is 19.2 Å². The number of ether oxygens (including phenoxy) is 2. The fourth-order valence-corrected chi connectivity index (χ4v) is 12.8. The van der Waals surface area contributed by atoms with Crippen molar-refractivity contribution in [2.24, 2.45) is 35.5 Å². The monoisotopic (exact) mass is 905 g/mol. The SMILES string of the molecule is COC(=O)N[C@H](C(=O)N1C2CCCCC2C[C@H]1c1ncc(C2=CC3=CC[C@@H]2CC[C@@H]2C=CC(=C(c4cnc([C@@H]5CC6CCCCC6N5C(=O)[C@@H](NC(=O)OC)C(C)C)[nH]4)C2)CC3)[nH]1)C(C)C. The summed E-state index contributed by atoms with van der Waals surface area (Å²) >= 11 is 0. The molecule has 66 heavy (non-hydrogen) atoms. The number of imidazole rings is 2. The third-order valence-corrected chi connectivity index (χ3v) is 16.4. The number of nitrogens with one attached hydrogen (secondary N) is 4. The summed E-state index contributed by atoms with van der Waals surface area (Å²) in [6, 6.07) is -1.46. The Morgan fingerprint density at radius 2 is 1.26 bits per heavy atom. The molecular formula is C52H72N8O6. The zero-order chi connectivity index (χ0) is 46.2. The molecule has 356 valence electrons. The standard InChI is InChI=1S/C52H72N8O6/c1-29(2)45(57-51(63)65-5)49(61)59-41-13-9-7-11-35(41)25-43(59)47-53-27-39(55-47)37-23-31-15-19-33(37)21-17-32-16-20-34(22-18-31)38(24-32)40-28-54-48(56-40)44-26-36-12-8-10-14-42(36)60(44)50(62)46(30(3)4)58-52(64)66-6/h15-16,19,24,27-31,34-36,41-46H,7-14,17-18,20-23,25-26H2,1-6H3,(H,53,55)(H,54,56)(H,57,63)(H,58,64)/t31-,34+,35?,36?,41?,42?,43-,44-,45-,46-/m0/s1. The minimum atomic E-state index is -0.680. The van der Waals surface area contributed by atoms with Gasteiger partial charge in [-0.05, 0) is 129 Å². The molecule has 4 unspecified atom stereocenters. The highest BCUT2D eigenvalue weighted by Gasteiger charge is 2.50. The highest BCUT2D eigenvalue weighted by Crippen LogP contribution is 2.49. The summed E-state index contributed by atoms with van der Waals surface area (Å²) in [5.41, 5.74) is 7.36. The lowest BCUT2D eigenvalue weighted by molar-refractivity contribution is -0.139. The average molecular weight is 905 g/mol. The number of hydrogen-bond acceptors (Lipinski definition) is 8. The molecule has 2 saturated carbocycles. The Kier molecular flexibility index (Phi) is 13.7. The van der Waals surface area contributed by atoms with Crippen LogP contribution in [0.2, 0.25) is 0 Å². The van der Waals surface area contributed by atoms with Crippen LogP contribution in [0.5, 0.6) is 0 Å². The fraction of sp³-hybridized carbons (Fsp3) is 0.654. The number of nitrogens with zero attached hydrogens (tertiary/aromatic N) is 4. The second kappa shape index (κ2) is 19.6. The number of amides is 4. The maximum absolute atomic E-state index is 14.5. The van der Waals surface area contributed by atoms with Gasteiger partial charge < -0.3 is 39.9 Å². The van der Waals surface area contributed by atoms with Crippen LogP contribution in [0, 0.1) is 35.5 Å². The van der Waals surface area contributed by atoms with Gasteiger partial charge in [0.05, 0.1) is 50.1 Å². The summed E-state index contributed by atoms with van der Waals surface area (Å²) in [6.45, 7) is 7.88. The van der Waals surface area contributed by atoms with Gasteiger partial charge in [0, 0.05) is 12.1 Å². The lowest BCUT2D eigenvalue weighted by atomic mass is 9.77. The highest BCUT2D eigenvalue weighted by molar-refractivity contribution is 5.87. The number of aromatic amines is 2. The molecule has 2 aliphatic heterocycles. The summed E-state index contributed by atoms with van der Waals surface area (Å²) < 4.78 is 9.86. The van der Waals surface area contributed by atoms with Gasteiger partial charge in [-0.2, -0.15) is 0 Å². The lowest BCUT2D eigenvalue weighted by Gasteiger charge is -2.36. The Morgan fingerprint density at radius 3 is 1.82 bits per heavy atom. The molecule has 0 aromatic carbocycles. The smallest absolute Gasteiger partial charge is 0.407 e. The van der Waals surface area contributed by atoms with Crippen molar-refractivity contribution in [3.63, 3.8) is 0 Å². The zero-order valence-corrected chi connectivity index (χ0v) is 39.9. The predicted molar refractivity (Wildman–Crippen MR) is 252 cm³/mol. The zero-order valence-electron chi connectivity index (χ0n) is 39.9. The molecule has 2 saturated heterocycles. The van der Waals surface area contributed by atoms with Crippen LogP contribution in [0.3, 0.4) is 0 Å². The van der Waals surface area contributed by atoms with Gasteiger partial charge in [0.15, 0.2) is 0 Å². The number of fused-ring (bicyclic) bond motifs is 2. The van der Waals surface area contributed by atoms with Crippen LogP contribution in [-0.2, 0) is 19.1 Å². The average Bonchev–Trinajstić information content (AvgIpc) is 4.15. The van der Waals surface area contributed by atoms with Gasteiger partial charge >= 0.3 is 12.2 Å². The van der Waals surface area contributed by atoms with Gasteiger partial charge in [-0.1, -0.05) is 83.3 Å². The summed E-state index contributed by atoms with van der Waals surface area (Å²) in [4.78, 5) is 75.5. The minimum Gasteiger partial charge on any atom is -0.453 e. The first kappa shape index (κ1) is 46.0. The Labute approximate surface area is 390 Å². The molecule has 8 aliphatic carbocycles. The van der Waals surface area contributed by atoms with Crippen LogP contribution in [-0.4, -0.2) is 92.1 Å². The number of carbonyl (C=O) groups is 4. The topological polar surface area (TPSA) is 175 Å². The number of allylic oxidation sites excluding steroid dienone is 8. The first-order chi connectivity index (χ1) is 31.9. The van der Waals surface area contributed by atoms with Crippen LogP contribution in [0.15, 0.2) is 47.8 Å². The van der Waals surface area contributed by atoms with Crippen molar-refractivity contribution in [1.82, 2.24) is 40.4 Å². The molecule has 0 radical (unpaired) electrons. The Bertz CT molecular complexity index is 2270. The van der Waals surface area contributed by atoms with Gasteiger partial charge in [0.2, 0.25) is 11.8 Å². The summed E-state index contributed by atoms with van der Waals surface area (Å²) in [5.74, 6) is 2.89. The quantitative estimate of drug-likeness (QED) is 0.182. The van der Waals surface area contributed by atoms with Crippen LogP contribution in [0.1, 0.15) is 166 Å². The molecule has 4 fully saturated rings. The van der Waals surface area contributed by atoms with E-state index in [1.807, 2.05) is 40.1 Å². The van der Waals surface area contributed by atoms with Gasteiger partial charge in [0.1, 0.15) is 23.7 Å². The number of rotatable bonds is 10. The molecule has 12 rings (SSSR count). The van der Waals surface area contributed by atoms with Gasteiger partial charge in [-0.25, -0.2) is 19.6 Å². The van der Waals surface area contributed by atoms with E-state index >= 15 is 0 Å². The maximum Gasteiger partial charge on any atom is 0.407 e. The van der Waals surface area contributed by atoms with Crippen molar-refractivity contribution in [1.29, 1.82) is 0 Å². The number of aromatic nitrogens is 4. The maximum atomic E-state index is 14.5. The predicted octanol–water partition coefficient (Wildman–Crippen LogP) is 9.49. The lowest BCUT2D eigenvalue weighted by Crippen LogP contribution is -2.53. The van der Waals surface area contributed by atoms with E-state index in [1.165, 1.54) is 49.4 Å². The van der Waals surface area contributed by atoms with Gasteiger partial charge in [-0.15, -0.1) is 0 Å². The molecule has 4 bridgehead atoms. The molecule has 4 N–H and O–H groups in total. The molecule has 10 aliphatic rings. The molecule has 2 aromatic heterocycles. The number of hydrogen-bond donors (Lipinski definition) is 4. The first-order valence-corrected chi connectivity index (χ1v) is 25.2. The van der Waals surface area contributed by atoms with E-state index < -0.39 is 24.3 Å². The normalized spacial score (nSPS) is 29.4. The number of methoxy groups -OCH3 is 2. The highest BCUT2D eigenvalue weighted by atomic mass is 16.5. The van der Waals surface area contributed by atoms with E-state index in [4.69, 9.17) is 19.4 Å². The van der Waals surface area contributed by atoms with Crippen LogP contribution in [0.4, 0.5) is 9.59 Å². The van der Waals surface area contributed by atoms with Crippen LogP contribution >= 0.6 is 0 Å². The second-order valence-electron chi connectivity index (χ2n) is 21.0. The van der Waals surface area contributed by atoms with E-state index in [0.29, 0.717) is 23.7 Å². The third-order valence-electron chi connectivity index (χ3n) is 16.4. The largest absolute Gasteiger partial charge is 0.453 e. The summed E-state index contributed by atoms with van der Waals surface area (Å²) in [7, 11) is 2.67. The number of H-pyrrole nitrogens is 2. The summed E-state index contributed by atoms with van der Waals surface area (Å²) in [6.07, 6.45) is 28.6. The Balaban J connectivity index is 0.952. The number of alkyl carbamates (subject to hydrolysis) is 2. The molecule has 14 heteroatoms.